The van der Waals surface area contributed by atoms with Crippen LogP contribution in [-0.2, 0) is 13.0 Å². The van der Waals surface area contributed by atoms with Gasteiger partial charge < -0.3 is 10.3 Å². The number of hydrogen-bond acceptors (Lipinski definition) is 3. The summed E-state index contributed by atoms with van der Waals surface area (Å²) in [6.45, 7) is 1.63. The van der Waals surface area contributed by atoms with Crippen LogP contribution in [-0.4, -0.2) is 16.5 Å². The number of aromatic nitrogens is 2. The molecule has 0 bridgehead atoms. The molecule has 1 aromatic heterocycles. The molecular formula is C13H12FN3S. The van der Waals surface area contributed by atoms with Gasteiger partial charge in [0.2, 0.25) is 0 Å². The molecule has 1 aromatic carbocycles. The van der Waals surface area contributed by atoms with Crippen molar-refractivity contribution in [1.82, 2.24) is 15.3 Å². The van der Waals surface area contributed by atoms with Crippen molar-refractivity contribution >= 4 is 12.2 Å². The summed E-state index contributed by atoms with van der Waals surface area (Å²) in [4.78, 5) is 7.50. The molecule has 0 spiro atoms. The lowest BCUT2D eigenvalue weighted by Gasteiger charge is -2.17. The van der Waals surface area contributed by atoms with E-state index in [0.29, 0.717) is 16.0 Å². The van der Waals surface area contributed by atoms with Gasteiger partial charge in [0, 0.05) is 30.8 Å². The summed E-state index contributed by atoms with van der Waals surface area (Å²) >= 11 is 5.28. The Labute approximate surface area is 109 Å². The maximum absolute atomic E-state index is 13.7. The molecular weight excluding hydrogens is 249 g/mol. The second-order valence-electron chi connectivity index (χ2n) is 4.25. The average molecular weight is 261 g/mol. The van der Waals surface area contributed by atoms with Crippen molar-refractivity contribution in [3.8, 4) is 11.4 Å². The molecule has 0 atom stereocenters. The van der Waals surface area contributed by atoms with E-state index in [4.69, 9.17) is 12.2 Å². The van der Waals surface area contributed by atoms with Crippen LogP contribution in [0.25, 0.3) is 11.4 Å². The number of rotatable bonds is 1. The van der Waals surface area contributed by atoms with Crippen LogP contribution in [0.2, 0.25) is 0 Å². The minimum Gasteiger partial charge on any atom is -0.343 e. The van der Waals surface area contributed by atoms with Crippen molar-refractivity contribution in [2.45, 2.75) is 13.0 Å². The van der Waals surface area contributed by atoms with Crippen LogP contribution in [0.15, 0.2) is 24.3 Å². The van der Waals surface area contributed by atoms with Crippen LogP contribution in [0.5, 0.6) is 0 Å². The molecule has 0 saturated heterocycles. The van der Waals surface area contributed by atoms with Gasteiger partial charge in [-0.25, -0.2) is 9.37 Å². The Hall–Kier alpha value is -1.59. The Balaban J connectivity index is 2.17. The number of aromatic amines is 1. The highest BCUT2D eigenvalue weighted by molar-refractivity contribution is 7.71. The molecule has 18 heavy (non-hydrogen) atoms. The van der Waals surface area contributed by atoms with Crippen molar-refractivity contribution in [3.63, 3.8) is 0 Å². The summed E-state index contributed by atoms with van der Waals surface area (Å²) < 4.78 is 14.3. The normalized spacial score (nSPS) is 14.3. The van der Waals surface area contributed by atoms with Gasteiger partial charge in [0.1, 0.15) is 16.3 Å². The Morgan fingerprint density at radius 1 is 1.28 bits per heavy atom. The molecule has 0 unspecified atom stereocenters. The van der Waals surface area contributed by atoms with E-state index in [1.54, 1.807) is 18.2 Å². The number of benzene rings is 1. The average Bonchev–Trinajstić information content (AvgIpc) is 2.39. The van der Waals surface area contributed by atoms with E-state index in [2.05, 4.69) is 15.3 Å². The largest absolute Gasteiger partial charge is 0.343 e. The lowest BCUT2D eigenvalue weighted by molar-refractivity contribution is 0.619. The van der Waals surface area contributed by atoms with E-state index in [0.717, 1.165) is 30.8 Å². The van der Waals surface area contributed by atoms with Gasteiger partial charge in [-0.1, -0.05) is 24.4 Å². The summed E-state index contributed by atoms with van der Waals surface area (Å²) in [7, 11) is 0. The molecule has 0 saturated carbocycles. The van der Waals surface area contributed by atoms with Gasteiger partial charge in [-0.15, -0.1) is 0 Å². The molecule has 1 aliphatic rings. The highest BCUT2D eigenvalue weighted by Crippen LogP contribution is 2.21. The first-order valence-electron chi connectivity index (χ1n) is 5.83. The highest BCUT2D eigenvalue weighted by Gasteiger charge is 2.14. The Morgan fingerprint density at radius 3 is 2.94 bits per heavy atom. The Kier molecular flexibility index (Phi) is 2.93. The highest BCUT2D eigenvalue weighted by atomic mass is 32.1. The zero-order valence-electron chi connectivity index (χ0n) is 9.66. The molecule has 2 aromatic rings. The third kappa shape index (κ3) is 1.95. The third-order valence-corrected chi connectivity index (χ3v) is 3.43. The van der Waals surface area contributed by atoms with Crippen LogP contribution >= 0.6 is 12.2 Å². The first-order chi connectivity index (χ1) is 8.75. The van der Waals surface area contributed by atoms with Gasteiger partial charge in [0.05, 0.1) is 5.56 Å². The van der Waals surface area contributed by atoms with Crippen molar-refractivity contribution in [2.75, 3.05) is 6.54 Å². The molecule has 0 fully saturated rings. The molecule has 5 heteroatoms. The summed E-state index contributed by atoms with van der Waals surface area (Å²) in [5.41, 5.74) is 2.55. The van der Waals surface area contributed by atoms with Crippen molar-refractivity contribution in [2.24, 2.45) is 0 Å². The van der Waals surface area contributed by atoms with Crippen LogP contribution in [0, 0.1) is 10.5 Å². The first kappa shape index (κ1) is 11.5. The fourth-order valence-corrected chi connectivity index (χ4v) is 2.43. The van der Waals surface area contributed by atoms with E-state index >= 15 is 0 Å². The van der Waals surface area contributed by atoms with Gasteiger partial charge in [-0.05, 0) is 12.1 Å². The molecule has 92 valence electrons. The molecule has 2 heterocycles. The minimum absolute atomic E-state index is 0.287. The molecule has 0 radical (unpaired) electrons. The predicted octanol–water partition coefficient (Wildman–Crippen LogP) is 2.59. The van der Waals surface area contributed by atoms with Gasteiger partial charge >= 0.3 is 0 Å². The Morgan fingerprint density at radius 2 is 2.11 bits per heavy atom. The number of fused-ring (bicyclic) bond motifs is 1. The zero-order valence-corrected chi connectivity index (χ0v) is 10.5. The summed E-state index contributed by atoms with van der Waals surface area (Å²) in [6, 6.07) is 6.58. The van der Waals surface area contributed by atoms with E-state index in [9.17, 15) is 4.39 Å². The number of halogens is 1. The monoisotopic (exact) mass is 261 g/mol. The quantitative estimate of drug-likeness (QED) is 0.775. The molecule has 2 N–H and O–H groups in total. The summed E-state index contributed by atoms with van der Waals surface area (Å²) in [6.07, 6.45) is 0.864. The van der Waals surface area contributed by atoms with E-state index in [1.165, 1.54) is 6.07 Å². The second kappa shape index (κ2) is 4.59. The van der Waals surface area contributed by atoms with Gasteiger partial charge in [0.25, 0.3) is 0 Å². The SMILES string of the molecule is Fc1ccccc1-c1nc(=S)c2c([nH]1)CCNC2. The lowest BCUT2D eigenvalue weighted by atomic mass is 10.1. The summed E-state index contributed by atoms with van der Waals surface area (Å²) in [5, 5.41) is 3.25. The van der Waals surface area contributed by atoms with Gasteiger partial charge in [0.15, 0.2) is 0 Å². The van der Waals surface area contributed by atoms with Crippen LogP contribution < -0.4 is 5.32 Å². The van der Waals surface area contributed by atoms with Gasteiger partial charge in [-0.3, -0.25) is 0 Å². The molecule has 0 aliphatic carbocycles. The topological polar surface area (TPSA) is 40.7 Å². The number of hydrogen-bond donors (Lipinski definition) is 2. The number of nitrogens with zero attached hydrogens (tertiary/aromatic N) is 1. The summed E-state index contributed by atoms with van der Waals surface area (Å²) in [5.74, 6) is 0.225. The maximum atomic E-state index is 13.7. The molecule has 1 aliphatic heterocycles. The smallest absolute Gasteiger partial charge is 0.142 e. The van der Waals surface area contributed by atoms with Gasteiger partial charge in [-0.2, -0.15) is 0 Å². The van der Waals surface area contributed by atoms with E-state index in [1.807, 2.05) is 0 Å². The minimum atomic E-state index is -0.287. The maximum Gasteiger partial charge on any atom is 0.142 e. The molecule has 3 rings (SSSR count). The fraction of sp³-hybridized carbons (Fsp3) is 0.231. The third-order valence-electron chi connectivity index (χ3n) is 3.09. The predicted molar refractivity (Wildman–Crippen MR) is 70.2 cm³/mol. The van der Waals surface area contributed by atoms with E-state index < -0.39 is 0 Å². The van der Waals surface area contributed by atoms with Crippen molar-refractivity contribution in [1.29, 1.82) is 0 Å². The molecule has 3 nitrogen and oxygen atoms in total. The number of H-pyrrole nitrogens is 1. The van der Waals surface area contributed by atoms with Crippen LogP contribution in [0.1, 0.15) is 11.3 Å². The first-order valence-corrected chi connectivity index (χ1v) is 6.24. The Bertz CT molecular complexity index is 651. The van der Waals surface area contributed by atoms with Crippen molar-refractivity contribution in [3.05, 3.63) is 46.0 Å². The zero-order chi connectivity index (χ0) is 12.5. The molecule has 0 amide bonds. The van der Waals surface area contributed by atoms with E-state index in [-0.39, 0.29) is 5.82 Å². The van der Waals surface area contributed by atoms with Crippen LogP contribution in [0.4, 0.5) is 4.39 Å². The van der Waals surface area contributed by atoms with Crippen LogP contribution in [0.3, 0.4) is 0 Å². The fourth-order valence-electron chi connectivity index (χ4n) is 2.15. The number of nitrogens with one attached hydrogen (secondary N) is 2. The second-order valence-corrected chi connectivity index (χ2v) is 4.64. The lowest BCUT2D eigenvalue weighted by Crippen LogP contribution is -2.25. The van der Waals surface area contributed by atoms with Crippen molar-refractivity contribution < 1.29 is 4.39 Å². The standard InChI is InChI=1S/C13H12FN3S/c14-10-4-2-1-3-8(10)12-16-11-5-6-15-7-9(11)13(18)17-12/h1-4,15H,5-7H2,(H,16,17,18).